The molecule has 1 aliphatic rings. The fraction of sp³-hybridized carbons (Fsp3) is 0.538. The lowest BCUT2D eigenvalue weighted by Gasteiger charge is -2.34. The van der Waals surface area contributed by atoms with E-state index in [0.29, 0.717) is 12.6 Å². The Morgan fingerprint density at radius 2 is 2.00 bits per heavy atom. The molecular formula is C13H19NO. The molecule has 0 heterocycles. The molecule has 0 unspecified atom stereocenters. The van der Waals surface area contributed by atoms with Crippen LogP contribution in [0.5, 0.6) is 0 Å². The summed E-state index contributed by atoms with van der Waals surface area (Å²) in [5, 5.41) is 13.3. The zero-order valence-corrected chi connectivity index (χ0v) is 9.19. The quantitative estimate of drug-likeness (QED) is 0.789. The number of nitrogens with one attached hydrogen (secondary N) is 1. The molecule has 0 aliphatic heterocycles. The molecule has 2 rings (SSSR count). The summed E-state index contributed by atoms with van der Waals surface area (Å²) in [7, 11) is 0. The lowest BCUT2D eigenvalue weighted by Crippen LogP contribution is -2.41. The van der Waals surface area contributed by atoms with Gasteiger partial charge in [-0.2, -0.15) is 0 Å². The van der Waals surface area contributed by atoms with Gasteiger partial charge in [-0.1, -0.05) is 37.3 Å². The van der Waals surface area contributed by atoms with Crippen molar-refractivity contribution in [1.29, 1.82) is 0 Å². The molecule has 1 atom stereocenters. The summed E-state index contributed by atoms with van der Waals surface area (Å²) in [6, 6.07) is 10.5. The van der Waals surface area contributed by atoms with E-state index in [2.05, 4.69) is 12.2 Å². The fourth-order valence-electron chi connectivity index (χ4n) is 2.14. The highest BCUT2D eigenvalue weighted by atomic mass is 16.3. The molecule has 1 aliphatic carbocycles. The minimum absolute atomic E-state index is 0.373. The summed E-state index contributed by atoms with van der Waals surface area (Å²) in [5.41, 5.74) is 0.998. The number of hydrogen-bond donors (Lipinski definition) is 2. The molecule has 2 nitrogen and oxygen atoms in total. The zero-order valence-electron chi connectivity index (χ0n) is 9.19. The summed E-state index contributed by atoms with van der Waals surface area (Å²) in [6.07, 6.45) is 2.13. The second kappa shape index (κ2) is 4.77. The third-order valence-corrected chi connectivity index (χ3v) is 3.16. The van der Waals surface area contributed by atoms with E-state index in [1.807, 2.05) is 30.3 Å². The Labute approximate surface area is 91.3 Å². The highest BCUT2D eigenvalue weighted by molar-refractivity contribution is 5.17. The van der Waals surface area contributed by atoms with Crippen LogP contribution in [0.3, 0.4) is 0 Å². The van der Waals surface area contributed by atoms with Gasteiger partial charge in [0.25, 0.3) is 0 Å². The van der Waals surface area contributed by atoms with Crippen molar-refractivity contribution >= 4 is 0 Å². The molecule has 0 amide bonds. The molecule has 2 N–H and O–H groups in total. The lowest BCUT2D eigenvalue weighted by atomic mass is 9.82. The monoisotopic (exact) mass is 205 g/mol. The van der Waals surface area contributed by atoms with E-state index in [1.54, 1.807) is 0 Å². The van der Waals surface area contributed by atoms with Crippen LogP contribution in [0.25, 0.3) is 0 Å². The van der Waals surface area contributed by atoms with E-state index in [9.17, 15) is 5.11 Å². The Balaban J connectivity index is 1.75. The van der Waals surface area contributed by atoms with Crippen LogP contribution in [0, 0.1) is 5.92 Å². The van der Waals surface area contributed by atoms with Crippen LogP contribution in [-0.4, -0.2) is 17.7 Å². The Kier molecular flexibility index (Phi) is 3.39. The molecule has 2 heteroatoms. The Bertz CT molecular complexity index is 293. The van der Waals surface area contributed by atoms with E-state index < -0.39 is 0 Å². The first-order valence-electron chi connectivity index (χ1n) is 5.72. The molecule has 0 saturated heterocycles. The maximum absolute atomic E-state index is 9.89. The molecule has 0 aromatic heterocycles. The van der Waals surface area contributed by atoms with Gasteiger partial charge in [-0.15, -0.1) is 0 Å². The van der Waals surface area contributed by atoms with Crippen molar-refractivity contribution in [2.45, 2.75) is 31.9 Å². The SMILES string of the molecule is CC1CC(NC[C@@H](O)c2ccccc2)C1. The standard InChI is InChI=1S/C13H19NO/c1-10-7-12(8-10)14-9-13(15)11-5-3-2-4-6-11/h2-6,10,12-15H,7-9H2,1H3/t10?,12?,13-/m1/s1. The normalized spacial score (nSPS) is 27.1. The maximum Gasteiger partial charge on any atom is 0.0914 e. The minimum atomic E-state index is -0.373. The van der Waals surface area contributed by atoms with Gasteiger partial charge in [0, 0.05) is 12.6 Å². The predicted molar refractivity (Wildman–Crippen MR) is 61.6 cm³/mol. The first-order chi connectivity index (χ1) is 7.25. The van der Waals surface area contributed by atoms with Gasteiger partial charge in [0.2, 0.25) is 0 Å². The van der Waals surface area contributed by atoms with Crippen LogP contribution in [0.4, 0.5) is 0 Å². The molecule has 82 valence electrons. The molecule has 1 saturated carbocycles. The average molecular weight is 205 g/mol. The molecule has 0 spiro atoms. The van der Waals surface area contributed by atoms with Gasteiger partial charge in [-0.3, -0.25) is 0 Å². The van der Waals surface area contributed by atoms with Crippen molar-refractivity contribution < 1.29 is 5.11 Å². The topological polar surface area (TPSA) is 32.3 Å². The van der Waals surface area contributed by atoms with Crippen LogP contribution in [0.15, 0.2) is 30.3 Å². The summed E-state index contributed by atoms with van der Waals surface area (Å²) in [4.78, 5) is 0. The van der Waals surface area contributed by atoms with Crippen LogP contribution in [-0.2, 0) is 0 Å². The second-order valence-electron chi connectivity index (χ2n) is 4.61. The molecule has 0 radical (unpaired) electrons. The van der Waals surface area contributed by atoms with Crippen molar-refractivity contribution in [2.24, 2.45) is 5.92 Å². The van der Waals surface area contributed by atoms with E-state index >= 15 is 0 Å². The molecule has 0 bridgehead atoms. The van der Waals surface area contributed by atoms with Crippen LogP contribution in [0.2, 0.25) is 0 Å². The van der Waals surface area contributed by atoms with Gasteiger partial charge in [-0.25, -0.2) is 0 Å². The highest BCUT2D eigenvalue weighted by Gasteiger charge is 2.25. The fourth-order valence-corrected chi connectivity index (χ4v) is 2.14. The first-order valence-corrected chi connectivity index (χ1v) is 5.72. The molecular weight excluding hydrogens is 186 g/mol. The largest absolute Gasteiger partial charge is 0.387 e. The Morgan fingerprint density at radius 3 is 2.60 bits per heavy atom. The van der Waals surface area contributed by atoms with Crippen LogP contribution in [0.1, 0.15) is 31.4 Å². The van der Waals surface area contributed by atoms with Crippen molar-refractivity contribution in [3.8, 4) is 0 Å². The van der Waals surface area contributed by atoms with Gasteiger partial charge in [0.05, 0.1) is 6.10 Å². The van der Waals surface area contributed by atoms with Gasteiger partial charge < -0.3 is 10.4 Å². The van der Waals surface area contributed by atoms with Crippen molar-refractivity contribution in [2.75, 3.05) is 6.54 Å². The number of benzene rings is 1. The van der Waals surface area contributed by atoms with E-state index in [1.165, 1.54) is 12.8 Å². The van der Waals surface area contributed by atoms with Crippen molar-refractivity contribution in [3.63, 3.8) is 0 Å². The number of rotatable bonds is 4. The molecule has 1 aromatic carbocycles. The van der Waals surface area contributed by atoms with E-state index in [0.717, 1.165) is 11.5 Å². The summed E-state index contributed by atoms with van der Waals surface area (Å²) >= 11 is 0. The van der Waals surface area contributed by atoms with Gasteiger partial charge in [-0.05, 0) is 24.3 Å². The minimum Gasteiger partial charge on any atom is -0.387 e. The highest BCUT2D eigenvalue weighted by Crippen LogP contribution is 2.26. The second-order valence-corrected chi connectivity index (χ2v) is 4.61. The van der Waals surface area contributed by atoms with Crippen LogP contribution < -0.4 is 5.32 Å². The third-order valence-electron chi connectivity index (χ3n) is 3.16. The van der Waals surface area contributed by atoms with E-state index in [4.69, 9.17) is 0 Å². The summed E-state index contributed by atoms with van der Waals surface area (Å²) < 4.78 is 0. The summed E-state index contributed by atoms with van der Waals surface area (Å²) in [6.45, 7) is 2.94. The summed E-state index contributed by atoms with van der Waals surface area (Å²) in [5.74, 6) is 0.858. The smallest absolute Gasteiger partial charge is 0.0914 e. The van der Waals surface area contributed by atoms with Gasteiger partial charge >= 0.3 is 0 Å². The predicted octanol–water partition coefficient (Wildman–Crippen LogP) is 2.11. The number of aliphatic hydroxyl groups is 1. The number of aliphatic hydroxyl groups excluding tert-OH is 1. The van der Waals surface area contributed by atoms with Crippen molar-refractivity contribution in [3.05, 3.63) is 35.9 Å². The van der Waals surface area contributed by atoms with Gasteiger partial charge in [0.1, 0.15) is 0 Å². The van der Waals surface area contributed by atoms with Gasteiger partial charge in [0.15, 0.2) is 0 Å². The van der Waals surface area contributed by atoms with Crippen LogP contribution >= 0.6 is 0 Å². The van der Waals surface area contributed by atoms with E-state index in [-0.39, 0.29) is 6.10 Å². The Morgan fingerprint density at radius 1 is 1.33 bits per heavy atom. The molecule has 15 heavy (non-hydrogen) atoms. The average Bonchev–Trinajstić information content (AvgIpc) is 2.23. The maximum atomic E-state index is 9.89. The first kappa shape index (κ1) is 10.7. The third kappa shape index (κ3) is 2.80. The zero-order chi connectivity index (χ0) is 10.7. The molecule has 1 aromatic rings. The van der Waals surface area contributed by atoms with Crippen molar-refractivity contribution in [1.82, 2.24) is 5.32 Å². The molecule has 1 fully saturated rings. The number of hydrogen-bond acceptors (Lipinski definition) is 2. The lowest BCUT2D eigenvalue weighted by molar-refractivity contribution is 0.150. The Hall–Kier alpha value is -0.860.